The maximum atomic E-state index is 12.5. The maximum absolute atomic E-state index is 12.5. The second-order valence-electron chi connectivity index (χ2n) is 5.44. The van der Waals surface area contributed by atoms with Crippen molar-refractivity contribution in [3.63, 3.8) is 0 Å². The van der Waals surface area contributed by atoms with Gasteiger partial charge in [0.25, 0.3) is 5.91 Å². The van der Waals surface area contributed by atoms with Crippen LogP contribution in [0.15, 0.2) is 35.6 Å². The second-order valence-corrected chi connectivity index (χ2v) is 7.23. The van der Waals surface area contributed by atoms with Gasteiger partial charge < -0.3 is 10.1 Å². The van der Waals surface area contributed by atoms with Crippen LogP contribution in [0.5, 0.6) is 5.75 Å². The first-order chi connectivity index (χ1) is 12.5. The molecule has 0 saturated carbocycles. The zero-order valence-electron chi connectivity index (χ0n) is 13.0. The highest BCUT2D eigenvalue weighted by Gasteiger charge is 2.19. The molecule has 4 rings (SSSR count). The van der Waals surface area contributed by atoms with Crippen molar-refractivity contribution in [1.29, 1.82) is 0 Å². The van der Waals surface area contributed by atoms with Gasteiger partial charge in [-0.25, -0.2) is 0 Å². The van der Waals surface area contributed by atoms with Crippen molar-refractivity contribution in [3.8, 4) is 5.75 Å². The molecule has 0 radical (unpaired) electrons. The van der Waals surface area contributed by atoms with Crippen LogP contribution in [-0.4, -0.2) is 38.6 Å². The molecule has 0 atom stereocenters. The number of fused-ring (bicyclic) bond motifs is 2. The average molecular weight is 409 g/mol. The van der Waals surface area contributed by atoms with Crippen molar-refractivity contribution in [1.82, 2.24) is 14.6 Å². The van der Waals surface area contributed by atoms with E-state index >= 15 is 0 Å². The summed E-state index contributed by atoms with van der Waals surface area (Å²) in [5.41, 5.74) is 1.43. The number of Topliss-reactive ketones (excluding diaryl/α,β-unsaturated/α-hetero) is 1. The molecule has 2 aromatic heterocycles. The number of ether oxygens (including phenoxy) is 1. The fourth-order valence-electron chi connectivity index (χ4n) is 2.47. The van der Waals surface area contributed by atoms with E-state index in [-0.39, 0.29) is 24.1 Å². The summed E-state index contributed by atoms with van der Waals surface area (Å²) in [6, 6.07) is 6.51. The van der Waals surface area contributed by atoms with Gasteiger partial charge in [-0.15, -0.1) is 10.2 Å². The quantitative estimate of drug-likeness (QED) is 0.526. The Bertz CT molecular complexity index is 1050. The molecule has 7 nitrogen and oxygen atoms in total. The van der Waals surface area contributed by atoms with Gasteiger partial charge in [0, 0.05) is 11.8 Å². The summed E-state index contributed by atoms with van der Waals surface area (Å²) < 4.78 is 6.93. The lowest BCUT2D eigenvalue weighted by molar-refractivity contribution is -0.118. The van der Waals surface area contributed by atoms with Gasteiger partial charge in [-0.3, -0.25) is 14.0 Å². The molecule has 0 aliphatic carbocycles. The highest BCUT2D eigenvalue weighted by atomic mass is 35.5. The molecule has 0 bridgehead atoms. The van der Waals surface area contributed by atoms with Crippen molar-refractivity contribution in [2.45, 2.75) is 5.16 Å². The third-order valence-corrected chi connectivity index (χ3v) is 5.09. The van der Waals surface area contributed by atoms with Crippen molar-refractivity contribution >= 4 is 58.0 Å². The molecule has 0 fully saturated rings. The van der Waals surface area contributed by atoms with Crippen LogP contribution in [0.4, 0.5) is 5.69 Å². The topological polar surface area (TPSA) is 85.6 Å². The van der Waals surface area contributed by atoms with Crippen molar-refractivity contribution < 1.29 is 14.3 Å². The molecule has 0 spiro atoms. The largest absolute Gasteiger partial charge is 0.482 e. The lowest BCUT2D eigenvalue weighted by Gasteiger charge is -2.18. The monoisotopic (exact) mass is 408 g/mol. The molecule has 1 N–H and O–H groups in total. The molecule has 1 aliphatic heterocycles. The third-order valence-electron chi connectivity index (χ3n) is 3.66. The van der Waals surface area contributed by atoms with E-state index in [0.29, 0.717) is 37.8 Å². The Morgan fingerprint density at radius 2 is 2.15 bits per heavy atom. The Labute approximate surface area is 161 Å². The van der Waals surface area contributed by atoms with E-state index in [2.05, 4.69) is 15.5 Å². The van der Waals surface area contributed by atoms with Crippen LogP contribution in [0.1, 0.15) is 10.4 Å². The minimum Gasteiger partial charge on any atom is -0.482 e. The van der Waals surface area contributed by atoms with E-state index in [1.54, 1.807) is 34.9 Å². The Kier molecular flexibility index (Phi) is 4.47. The third kappa shape index (κ3) is 3.23. The number of rotatable bonds is 4. The molecular weight excluding hydrogens is 399 g/mol. The van der Waals surface area contributed by atoms with Crippen LogP contribution in [-0.2, 0) is 4.79 Å². The minimum absolute atomic E-state index is 0.0266. The molecule has 3 heterocycles. The molecule has 1 amide bonds. The number of anilines is 1. The van der Waals surface area contributed by atoms with Crippen molar-refractivity contribution in [2.75, 3.05) is 17.7 Å². The Morgan fingerprint density at radius 3 is 3.00 bits per heavy atom. The number of pyridine rings is 1. The van der Waals surface area contributed by atoms with Gasteiger partial charge in [0.15, 0.2) is 23.2 Å². The number of carbonyl (C=O) groups excluding carboxylic acids is 2. The number of carbonyl (C=O) groups is 2. The van der Waals surface area contributed by atoms with Crippen LogP contribution in [0.3, 0.4) is 0 Å². The number of halogens is 2. The molecule has 1 aromatic carbocycles. The predicted molar refractivity (Wildman–Crippen MR) is 98.6 cm³/mol. The van der Waals surface area contributed by atoms with Crippen LogP contribution in [0.2, 0.25) is 10.0 Å². The van der Waals surface area contributed by atoms with Crippen LogP contribution in [0, 0.1) is 0 Å². The highest BCUT2D eigenvalue weighted by molar-refractivity contribution is 7.99. The lowest BCUT2D eigenvalue weighted by Crippen LogP contribution is -2.25. The van der Waals surface area contributed by atoms with E-state index < -0.39 is 0 Å². The second kappa shape index (κ2) is 6.79. The van der Waals surface area contributed by atoms with Crippen LogP contribution in [0.25, 0.3) is 5.65 Å². The summed E-state index contributed by atoms with van der Waals surface area (Å²) in [7, 11) is 0. The molecule has 26 heavy (non-hydrogen) atoms. The van der Waals surface area contributed by atoms with Gasteiger partial charge in [-0.2, -0.15) is 0 Å². The number of hydrogen-bond donors (Lipinski definition) is 1. The normalized spacial score (nSPS) is 13.2. The van der Waals surface area contributed by atoms with Gasteiger partial charge >= 0.3 is 0 Å². The van der Waals surface area contributed by atoms with Crippen LogP contribution < -0.4 is 10.1 Å². The summed E-state index contributed by atoms with van der Waals surface area (Å²) in [6.45, 7) is -0.0266. The van der Waals surface area contributed by atoms with Gasteiger partial charge in [0.05, 0.1) is 21.5 Å². The van der Waals surface area contributed by atoms with E-state index in [4.69, 9.17) is 27.9 Å². The number of benzene rings is 1. The first-order valence-corrected chi connectivity index (χ1v) is 9.18. The number of ketones is 1. The van der Waals surface area contributed by atoms with Gasteiger partial charge in [-0.1, -0.05) is 35.0 Å². The fourth-order valence-corrected chi connectivity index (χ4v) is 3.78. The molecule has 132 valence electrons. The first kappa shape index (κ1) is 17.1. The first-order valence-electron chi connectivity index (χ1n) is 7.44. The zero-order chi connectivity index (χ0) is 18.3. The molecule has 0 saturated heterocycles. The number of aromatic nitrogens is 3. The molecular formula is C16H10Cl2N4O3S. The number of nitrogens with zero attached hydrogens (tertiary/aromatic N) is 3. The van der Waals surface area contributed by atoms with E-state index in [1.165, 1.54) is 11.8 Å². The summed E-state index contributed by atoms with van der Waals surface area (Å²) in [6.07, 6.45) is 1.64. The molecule has 0 unspecified atom stereocenters. The number of amides is 1. The number of nitrogens with one attached hydrogen (secondary N) is 1. The molecule has 1 aliphatic rings. The van der Waals surface area contributed by atoms with Gasteiger partial charge in [0.1, 0.15) is 5.75 Å². The van der Waals surface area contributed by atoms with Gasteiger partial charge in [-0.05, 0) is 24.3 Å². The predicted octanol–water partition coefficient (Wildman–Crippen LogP) is 3.34. The van der Waals surface area contributed by atoms with Crippen molar-refractivity contribution in [2.24, 2.45) is 0 Å². The summed E-state index contributed by atoms with van der Waals surface area (Å²) in [5, 5.41) is 12.1. The summed E-state index contributed by atoms with van der Waals surface area (Å²) in [4.78, 5) is 23.9. The molecule has 3 aromatic rings. The highest BCUT2D eigenvalue weighted by Crippen LogP contribution is 2.30. The van der Waals surface area contributed by atoms with E-state index in [1.807, 2.05) is 0 Å². The lowest BCUT2D eigenvalue weighted by atomic mass is 10.1. The minimum atomic E-state index is -0.250. The summed E-state index contributed by atoms with van der Waals surface area (Å²) >= 11 is 13.3. The van der Waals surface area contributed by atoms with E-state index in [9.17, 15) is 9.59 Å². The smallest absolute Gasteiger partial charge is 0.262 e. The number of hydrogen-bond acceptors (Lipinski definition) is 6. The van der Waals surface area contributed by atoms with Gasteiger partial charge in [0.2, 0.25) is 0 Å². The van der Waals surface area contributed by atoms with Crippen molar-refractivity contribution in [3.05, 3.63) is 46.1 Å². The Hall–Kier alpha value is -2.29. The average Bonchev–Trinajstić information content (AvgIpc) is 3.02. The molecule has 10 heteroatoms. The SMILES string of the molecule is O=C1COc2ccc(C(=O)CSc3nnc4c(Cl)cc(Cl)cn34)cc2N1. The van der Waals surface area contributed by atoms with E-state index in [0.717, 1.165) is 0 Å². The Morgan fingerprint density at radius 1 is 1.31 bits per heavy atom. The van der Waals surface area contributed by atoms with Crippen LogP contribution >= 0.6 is 35.0 Å². The summed E-state index contributed by atoms with van der Waals surface area (Å²) in [5.74, 6) is 0.308. The maximum Gasteiger partial charge on any atom is 0.262 e. The number of thioether (sulfide) groups is 1. The fraction of sp³-hybridized carbons (Fsp3) is 0.125. The standard InChI is InChI=1S/C16H10Cl2N4O3S/c17-9-4-10(18)15-20-21-16(22(15)5-9)26-7-12(23)8-1-2-13-11(3-8)19-14(24)6-25-13/h1-5H,6-7H2,(H,19,24). The zero-order valence-corrected chi connectivity index (χ0v) is 15.4. The Balaban J connectivity index is 1.53.